The van der Waals surface area contributed by atoms with Gasteiger partial charge in [0, 0.05) is 34.8 Å². The Kier molecular flexibility index (Phi) is 6.01. The lowest BCUT2D eigenvalue weighted by molar-refractivity contribution is 0.0698. The Bertz CT molecular complexity index is 1190. The molecule has 0 unspecified atom stereocenters. The van der Waals surface area contributed by atoms with Crippen molar-refractivity contribution in [2.45, 2.75) is 23.8 Å². The molecule has 3 heterocycles. The van der Waals surface area contributed by atoms with Crippen molar-refractivity contribution in [2.75, 3.05) is 13.1 Å². The number of nitriles is 1. The van der Waals surface area contributed by atoms with Crippen molar-refractivity contribution >= 4 is 38.6 Å². The van der Waals surface area contributed by atoms with Crippen LogP contribution in [0.2, 0.25) is 0 Å². The van der Waals surface area contributed by atoms with Gasteiger partial charge in [0.15, 0.2) is 0 Å². The second-order valence-corrected chi connectivity index (χ2v) is 10.5. The van der Waals surface area contributed by atoms with Crippen LogP contribution in [0.3, 0.4) is 0 Å². The van der Waals surface area contributed by atoms with E-state index in [4.69, 9.17) is 5.26 Å². The molecule has 30 heavy (non-hydrogen) atoms. The number of benzene rings is 1. The van der Waals surface area contributed by atoms with Gasteiger partial charge in [0.2, 0.25) is 10.0 Å². The summed E-state index contributed by atoms with van der Waals surface area (Å²) in [6.07, 6.45) is 0.866. The fourth-order valence-corrected chi connectivity index (χ4v) is 6.41. The molecule has 0 radical (unpaired) electrons. The SMILES string of the molecule is N#CCCNS(=O)(=O)c1cccc(C(=O)N2CCc3sccc3[C@H]2c2cccs2)c1. The lowest BCUT2D eigenvalue weighted by Gasteiger charge is -2.35. The zero-order valence-electron chi connectivity index (χ0n) is 15.9. The van der Waals surface area contributed by atoms with E-state index in [9.17, 15) is 13.2 Å². The summed E-state index contributed by atoms with van der Waals surface area (Å²) in [5, 5.41) is 12.7. The number of rotatable bonds is 6. The number of nitrogens with zero attached hydrogens (tertiary/aromatic N) is 2. The monoisotopic (exact) mass is 457 g/mol. The summed E-state index contributed by atoms with van der Waals surface area (Å²) in [7, 11) is -3.78. The average molecular weight is 458 g/mol. The Morgan fingerprint density at radius 3 is 2.83 bits per heavy atom. The Hall–Kier alpha value is -2.51. The van der Waals surface area contributed by atoms with Crippen molar-refractivity contribution in [3.63, 3.8) is 0 Å². The van der Waals surface area contributed by atoms with Crippen LogP contribution < -0.4 is 4.72 Å². The molecule has 1 aliphatic heterocycles. The van der Waals surface area contributed by atoms with E-state index >= 15 is 0 Å². The summed E-state index contributed by atoms with van der Waals surface area (Å²) in [6.45, 7) is 0.608. The van der Waals surface area contributed by atoms with Crippen molar-refractivity contribution in [2.24, 2.45) is 0 Å². The smallest absolute Gasteiger partial charge is 0.254 e. The fraction of sp³-hybridized carbons (Fsp3) is 0.238. The van der Waals surface area contributed by atoms with E-state index < -0.39 is 10.0 Å². The molecule has 0 fully saturated rings. The molecule has 9 heteroatoms. The number of hydrogen-bond donors (Lipinski definition) is 1. The molecule has 1 aromatic carbocycles. The van der Waals surface area contributed by atoms with Gasteiger partial charge in [-0.05, 0) is 53.1 Å². The Morgan fingerprint density at radius 2 is 2.07 bits per heavy atom. The normalized spacial score (nSPS) is 16.1. The minimum Gasteiger partial charge on any atom is -0.326 e. The van der Waals surface area contributed by atoms with Crippen LogP contribution in [0.1, 0.15) is 38.1 Å². The quantitative estimate of drug-likeness (QED) is 0.570. The lowest BCUT2D eigenvalue weighted by atomic mass is 9.97. The largest absolute Gasteiger partial charge is 0.326 e. The maximum Gasteiger partial charge on any atom is 0.254 e. The predicted molar refractivity (Wildman–Crippen MR) is 117 cm³/mol. The molecule has 1 N–H and O–H groups in total. The number of carbonyl (C=O) groups is 1. The third-order valence-electron chi connectivity index (χ3n) is 4.96. The van der Waals surface area contributed by atoms with Crippen LogP contribution in [0.5, 0.6) is 0 Å². The van der Waals surface area contributed by atoms with Crippen LogP contribution in [0, 0.1) is 11.3 Å². The minimum absolute atomic E-state index is 0.0206. The molecule has 2 aromatic heterocycles. The molecule has 0 aliphatic carbocycles. The fourth-order valence-electron chi connectivity index (χ4n) is 3.58. The first-order valence-electron chi connectivity index (χ1n) is 9.38. The molecule has 1 amide bonds. The zero-order valence-corrected chi connectivity index (χ0v) is 18.4. The summed E-state index contributed by atoms with van der Waals surface area (Å²) in [4.78, 5) is 17.7. The molecule has 154 valence electrons. The van der Waals surface area contributed by atoms with Crippen LogP contribution in [-0.2, 0) is 16.4 Å². The number of amides is 1. The van der Waals surface area contributed by atoms with Crippen molar-refractivity contribution in [1.82, 2.24) is 9.62 Å². The van der Waals surface area contributed by atoms with Gasteiger partial charge in [-0.25, -0.2) is 13.1 Å². The zero-order chi connectivity index (χ0) is 21.1. The number of carbonyl (C=O) groups excluding carboxylic acids is 1. The van der Waals surface area contributed by atoms with Gasteiger partial charge in [0.05, 0.1) is 17.0 Å². The summed E-state index contributed by atoms with van der Waals surface area (Å²) in [6, 6.07) is 13.9. The van der Waals surface area contributed by atoms with Crippen molar-refractivity contribution in [1.29, 1.82) is 5.26 Å². The summed E-state index contributed by atoms with van der Waals surface area (Å²) < 4.78 is 27.4. The van der Waals surface area contributed by atoms with Crippen LogP contribution >= 0.6 is 22.7 Å². The first-order valence-corrected chi connectivity index (χ1v) is 12.6. The summed E-state index contributed by atoms with van der Waals surface area (Å²) in [5.41, 5.74) is 1.47. The highest BCUT2D eigenvalue weighted by atomic mass is 32.2. The van der Waals surface area contributed by atoms with Crippen LogP contribution in [0.4, 0.5) is 0 Å². The van der Waals surface area contributed by atoms with Gasteiger partial charge in [-0.3, -0.25) is 4.79 Å². The van der Waals surface area contributed by atoms with Crippen molar-refractivity contribution in [3.8, 4) is 6.07 Å². The highest BCUT2D eigenvalue weighted by Gasteiger charge is 2.34. The number of sulfonamides is 1. The summed E-state index contributed by atoms with van der Waals surface area (Å²) in [5.74, 6) is -0.195. The predicted octanol–water partition coefficient (Wildman–Crippen LogP) is 3.79. The van der Waals surface area contributed by atoms with E-state index in [0.717, 1.165) is 16.9 Å². The Labute approximate surface area is 183 Å². The van der Waals surface area contributed by atoms with Gasteiger partial charge in [0.25, 0.3) is 5.91 Å². The lowest BCUT2D eigenvalue weighted by Crippen LogP contribution is -2.39. The maximum absolute atomic E-state index is 13.5. The number of hydrogen-bond acceptors (Lipinski definition) is 6. The first kappa shape index (κ1) is 20.8. The topological polar surface area (TPSA) is 90.3 Å². The van der Waals surface area contributed by atoms with Gasteiger partial charge < -0.3 is 4.90 Å². The third kappa shape index (κ3) is 4.04. The van der Waals surface area contributed by atoms with E-state index in [2.05, 4.69) is 16.2 Å². The molecule has 1 atom stereocenters. The van der Waals surface area contributed by atoms with Gasteiger partial charge in [-0.15, -0.1) is 22.7 Å². The van der Waals surface area contributed by atoms with E-state index in [1.807, 2.05) is 28.5 Å². The minimum atomic E-state index is -3.78. The molecular weight excluding hydrogens is 438 g/mol. The molecule has 0 spiro atoms. The average Bonchev–Trinajstić information content (AvgIpc) is 3.44. The number of fused-ring (bicyclic) bond motifs is 1. The molecule has 0 bridgehead atoms. The molecule has 0 saturated heterocycles. The van der Waals surface area contributed by atoms with Crippen LogP contribution in [-0.4, -0.2) is 32.3 Å². The van der Waals surface area contributed by atoms with E-state index in [1.165, 1.54) is 17.0 Å². The van der Waals surface area contributed by atoms with E-state index in [-0.39, 0.29) is 29.8 Å². The van der Waals surface area contributed by atoms with Gasteiger partial charge in [0.1, 0.15) is 0 Å². The Balaban J connectivity index is 1.65. The molecular formula is C21H19N3O3S3. The molecule has 4 rings (SSSR count). The summed E-state index contributed by atoms with van der Waals surface area (Å²) >= 11 is 3.32. The molecule has 1 aliphatic rings. The van der Waals surface area contributed by atoms with Crippen molar-refractivity contribution < 1.29 is 13.2 Å². The van der Waals surface area contributed by atoms with Crippen LogP contribution in [0.15, 0.2) is 58.1 Å². The van der Waals surface area contributed by atoms with Crippen LogP contribution in [0.25, 0.3) is 0 Å². The molecule has 0 saturated carbocycles. The standard InChI is InChI=1S/C21H19N3O3S3/c22-9-3-10-23-30(26,27)16-5-1-4-15(14-16)21(25)24-11-7-18-17(8-13-29-18)20(24)19-6-2-12-28-19/h1-2,4-6,8,12-14,20,23H,3,7,10-11H2/t20-/m0/s1. The maximum atomic E-state index is 13.5. The second kappa shape index (κ2) is 8.70. The molecule has 6 nitrogen and oxygen atoms in total. The number of thiophene rings is 2. The van der Waals surface area contributed by atoms with Gasteiger partial charge in [-0.1, -0.05) is 12.1 Å². The van der Waals surface area contributed by atoms with E-state index in [0.29, 0.717) is 12.1 Å². The Morgan fingerprint density at radius 1 is 1.20 bits per heavy atom. The van der Waals surface area contributed by atoms with E-state index in [1.54, 1.807) is 34.8 Å². The highest BCUT2D eigenvalue weighted by Crippen LogP contribution is 2.40. The van der Waals surface area contributed by atoms with Gasteiger partial charge >= 0.3 is 0 Å². The first-order chi connectivity index (χ1) is 14.5. The molecule has 3 aromatic rings. The third-order valence-corrected chi connectivity index (χ3v) is 8.34. The van der Waals surface area contributed by atoms with Crippen molar-refractivity contribution in [3.05, 3.63) is 74.1 Å². The second-order valence-electron chi connectivity index (χ2n) is 6.80. The van der Waals surface area contributed by atoms with Gasteiger partial charge in [-0.2, -0.15) is 5.26 Å². The number of nitrogens with one attached hydrogen (secondary N) is 1. The highest BCUT2D eigenvalue weighted by molar-refractivity contribution is 7.89.